The van der Waals surface area contributed by atoms with Crippen molar-refractivity contribution in [2.45, 2.75) is 30.6 Å². The highest BCUT2D eigenvalue weighted by atomic mass is 32.2. The highest BCUT2D eigenvalue weighted by molar-refractivity contribution is 7.86. The Hall–Kier alpha value is -3.98. The van der Waals surface area contributed by atoms with Crippen LogP contribution in [0.5, 0.6) is 5.75 Å². The lowest BCUT2D eigenvalue weighted by Gasteiger charge is -2.14. The fraction of sp³-hybridized carbons (Fsp3) is 0.130. The molecule has 0 unspecified atom stereocenters. The summed E-state index contributed by atoms with van der Waals surface area (Å²) < 4.78 is 67.8. The van der Waals surface area contributed by atoms with Gasteiger partial charge in [-0.15, -0.1) is 10.2 Å². The predicted molar refractivity (Wildman–Crippen MR) is 140 cm³/mol. The zero-order chi connectivity index (χ0) is 28.0. The average molecular weight is 548 g/mol. The van der Waals surface area contributed by atoms with Crippen LogP contribution in [0, 0.1) is 0 Å². The molecule has 2 rings (SSSR count). The third-order valence-corrected chi connectivity index (χ3v) is 6.33. The summed E-state index contributed by atoms with van der Waals surface area (Å²) in [6.07, 6.45) is 11.2. The smallest absolute Gasteiger partial charge is 0.296 e. The summed E-state index contributed by atoms with van der Waals surface area (Å²) in [6, 6.07) is 1.67. The lowest BCUT2D eigenvalue weighted by molar-refractivity contribution is 0.472. The standard InChI is InChI=1S/C23H25N5O7S2/c1-5-7-9-11-15(4)25-27-21-17(36(30,31)32)12-16-13-18(37(33,34)35)22(23(29)19(16)20(21)24)28-26-14(3)10-8-6-2/h5-13,29H,1,24H2,2-4H3,(H,30,31,32)(H,33,34,35)/b8-6-,9-7-,14-10+,15-11+,27-25+,28-26+. The van der Waals surface area contributed by atoms with E-state index in [0.717, 1.165) is 12.1 Å². The summed E-state index contributed by atoms with van der Waals surface area (Å²) in [7, 11) is -9.93. The maximum atomic E-state index is 12.1. The molecule has 196 valence electrons. The summed E-state index contributed by atoms with van der Waals surface area (Å²) in [5.41, 5.74) is 5.16. The van der Waals surface area contributed by atoms with E-state index in [1.807, 2.05) is 0 Å². The van der Waals surface area contributed by atoms with E-state index < -0.39 is 52.8 Å². The van der Waals surface area contributed by atoms with E-state index >= 15 is 0 Å². The topological polar surface area (TPSA) is 204 Å². The third kappa shape index (κ3) is 7.27. The number of aromatic hydroxyl groups is 1. The number of anilines is 1. The van der Waals surface area contributed by atoms with E-state index in [9.17, 15) is 31.0 Å². The van der Waals surface area contributed by atoms with Gasteiger partial charge in [0.2, 0.25) is 0 Å². The number of rotatable bonds is 9. The molecule has 0 amide bonds. The van der Waals surface area contributed by atoms with Crippen LogP contribution in [0.3, 0.4) is 0 Å². The maximum absolute atomic E-state index is 12.1. The van der Waals surface area contributed by atoms with Crippen molar-refractivity contribution in [3.05, 3.63) is 72.6 Å². The van der Waals surface area contributed by atoms with Crippen molar-refractivity contribution in [2.75, 3.05) is 5.73 Å². The first-order chi connectivity index (χ1) is 17.2. The Morgan fingerprint density at radius 3 is 1.86 bits per heavy atom. The number of hydrogen-bond acceptors (Lipinski definition) is 10. The number of benzene rings is 2. The number of allylic oxidation sites excluding steroid dienone is 9. The van der Waals surface area contributed by atoms with Gasteiger partial charge in [0.05, 0.1) is 22.5 Å². The third-order valence-electron chi connectivity index (χ3n) is 4.60. The lowest BCUT2D eigenvalue weighted by atomic mass is 10.1. The first kappa shape index (κ1) is 29.3. The molecule has 0 saturated heterocycles. The van der Waals surface area contributed by atoms with Crippen LogP contribution in [-0.2, 0) is 20.2 Å². The van der Waals surface area contributed by atoms with E-state index in [1.165, 1.54) is 12.2 Å². The summed E-state index contributed by atoms with van der Waals surface area (Å²) in [5.74, 6) is -0.829. The van der Waals surface area contributed by atoms with Crippen LogP contribution < -0.4 is 5.73 Å². The van der Waals surface area contributed by atoms with E-state index in [0.29, 0.717) is 11.4 Å². The SMILES string of the molecule is C=C\C=C/C=C(C)/N=N/c1c(S(=O)(=O)O)cc2cc(S(=O)(=O)O)c(/N=N/C(C)=C/C=C\C)c(O)c2c1N. The molecule has 5 N–H and O–H groups in total. The van der Waals surface area contributed by atoms with Crippen molar-refractivity contribution >= 4 is 48.1 Å². The molecule has 0 atom stereocenters. The van der Waals surface area contributed by atoms with Gasteiger partial charge in [0.1, 0.15) is 21.2 Å². The molecule has 2 aromatic rings. The Morgan fingerprint density at radius 1 is 0.892 bits per heavy atom. The first-order valence-corrected chi connectivity index (χ1v) is 13.3. The molecule has 2 aromatic carbocycles. The second kappa shape index (κ2) is 11.8. The lowest BCUT2D eigenvalue weighted by Crippen LogP contribution is -2.03. The van der Waals surface area contributed by atoms with Crippen LogP contribution >= 0.6 is 0 Å². The number of phenols is 1. The van der Waals surface area contributed by atoms with Gasteiger partial charge < -0.3 is 10.8 Å². The number of nitrogen functional groups attached to an aromatic ring is 1. The molecule has 0 radical (unpaired) electrons. The average Bonchev–Trinajstić information content (AvgIpc) is 2.79. The van der Waals surface area contributed by atoms with Gasteiger partial charge in [-0.05, 0) is 50.4 Å². The molecule has 14 heteroatoms. The fourth-order valence-corrected chi connectivity index (χ4v) is 4.27. The normalized spacial score (nSPS) is 14.2. The Bertz CT molecular complexity index is 1630. The molecule has 0 aliphatic heterocycles. The largest absolute Gasteiger partial charge is 0.505 e. The van der Waals surface area contributed by atoms with Crippen LogP contribution in [0.2, 0.25) is 0 Å². The first-order valence-electron chi connectivity index (χ1n) is 10.4. The fourth-order valence-electron chi connectivity index (χ4n) is 2.94. The molecule has 0 saturated carbocycles. The summed E-state index contributed by atoms with van der Waals surface area (Å²) in [4.78, 5) is -1.68. The Balaban J connectivity index is 2.98. The van der Waals surface area contributed by atoms with Gasteiger partial charge in [-0.3, -0.25) is 9.11 Å². The molecule has 0 aliphatic rings. The van der Waals surface area contributed by atoms with Crippen molar-refractivity contribution in [3.8, 4) is 5.75 Å². The highest BCUT2D eigenvalue weighted by Crippen LogP contribution is 2.48. The minimum absolute atomic E-state index is 0.254. The Labute approximate surface area is 214 Å². The monoisotopic (exact) mass is 547 g/mol. The van der Waals surface area contributed by atoms with Gasteiger partial charge in [0, 0.05) is 0 Å². The van der Waals surface area contributed by atoms with Gasteiger partial charge in [-0.1, -0.05) is 37.0 Å². The van der Waals surface area contributed by atoms with Crippen LogP contribution in [0.1, 0.15) is 20.8 Å². The molecule has 0 spiro atoms. The minimum Gasteiger partial charge on any atom is -0.505 e. The number of phenolic OH excluding ortho intramolecular Hbond substituents is 1. The van der Waals surface area contributed by atoms with Gasteiger partial charge in [-0.25, -0.2) is 0 Å². The number of fused-ring (bicyclic) bond motifs is 1. The van der Waals surface area contributed by atoms with Crippen molar-refractivity contribution in [2.24, 2.45) is 20.5 Å². The summed E-state index contributed by atoms with van der Waals surface area (Å²) in [6.45, 7) is 8.40. The van der Waals surface area contributed by atoms with Crippen molar-refractivity contribution in [1.29, 1.82) is 0 Å². The molecule has 0 heterocycles. The highest BCUT2D eigenvalue weighted by Gasteiger charge is 2.27. The maximum Gasteiger partial charge on any atom is 0.296 e. The number of hydrogen-bond donors (Lipinski definition) is 4. The van der Waals surface area contributed by atoms with E-state index in [2.05, 4.69) is 27.0 Å². The molecule has 0 aromatic heterocycles. The van der Waals surface area contributed by atoms with E-state index in [-0.39, 0.29) is 10.8 Å². The van der Waals surface area contributed by atoms with Gasteiger partial charge in [0.15, 0.2) is 5.75 Å². The van der Waals surface area contributed by atoms with Crippen molar-refractivity contribution in [1.82, 2.24) is 0 Å². The zero-order valence-electron chi connectivity index (χ0n) is 20.1. The van der Waals surface area contributed by atoms with E-state index in [1.54, 1.807) is 51.2 Å². The Kier molecular flexibility index (Phi) is 9.36. The second-order valence-corrected chi connectivity index (χ2v) is 10.2. The zero-order valence-corrected chi connectivity index (χ0v) is 21.7. The van der Waals surface area contributed by atoms with Crippen LogP contribution in [-0.4, -0.2) is 31.0 Å². The summed E-state index contributed by atoms with van der Waals surface area (Å²) >= 11 is 0. The van der Waals surface area contributed by atoms with E-state index in [4.69, 9.17) is 5.73 Å². The van der Waals surface area contributed by atoms with Crippen LogP contribution in [0.4, 0.5) is 17.1 Å². The molecule has 0 fully saturated rings. The Morgan fingerprint density at radius 2 is 1.38 bits per heavy atom. The number of azo groups is 2. The minimum atomic E-state index is -4.98. The van der Waals surface area contributed by atoms with Crippen molar-refractivity contribution in [3.63, 3.8) is 0 Å². The quantitative estimate of drug-likeness (QED) is 0.128. The molecule has 12 nitrogen and oxygen atoms in total. The van der Waals surface area contributed by atoms with Crippen LogP contribution in [0.25, 0.3) is 10.8 Å². The predicted octanol–water partition coefficient (Wildman–Crippen LogP) is 5.91. The second-order valence-electron chi connectivity index (χ2n) is 7.42. The molecule has 0 aliphatic carbocycles. The van der Waals surface area contributed by atoms with Crippen LogP contribution in [0.15, 0.2) is 103 Å². The van der Waals surface area contributed by atoms with Gasteiger partial charge in [0.25, 0.3) is 20.2 Å². The summed E-state index contributed by atoms with van der Waals surface area (Å²) in [5, 5.41) is 25.7. The van der Waals surface area contributed by atoms with Gasteiger partial charge >= 0.3 is 0 Å². The molecule has 0 bridgehead atoms. The van der Waals surface area contributed by atoms with Gasteiger partial charge in [-0.2, -0.15) is 27.1 Å². The number of nitrogens with zero attached hydrogens (tertiary/aromatic N) is 4. The van der Waals surface area contributed by atoms with Crippen molar-refractivity contribution < 1.29 is 31.0 Å². The molecule has 37 heavy (non-hydrogen) atoms. The number of nitrogens with two attached hydrogens (primary N) is 1. The molecular formula is C23H25N5O7S2. The molecular weight excluding hydrogens is 522 g/mol.